The van der Waals surface area contributed by atoms with E-state index in [1.54, 1.807) is 0 Å². The predicted octanol–water partition coefficient (Wildman–Crippen LogP) is 33.4. The first-order chi connectivity index (χ1) is 61.9. The van der Waals surface area contributed by atoms with Crippen molar-refractivity contribution in [3.05, 3.63) is 302 Å². The Kier molecular flexibility index (Phi) is 25.9. The van der Waals surface area contributed by atoms with Gasteiger partial charge < -0.3 is 0 Å². The lowest BCUT2D eigenvalue weighted by Gasteiger charge is -2.34. The number of hydrogen-bond acceptors (Lipinski definition) is 12. The van der Waals surface area contributed by atoms with Gasteiger partial charge in [0.15, 0.2) is 11.6 Å². The molecule has 6 aromatic heterocycles. The van der Waals surface area contributed by atoms with Crippen LogP contribution in [0.25, 0.3) is 92.6 Å². The molecule has 14 aromatic rings. The van der Waals surface area contributed by atoms with Crippen LogP contribution in [0.3, 0.4) is 0 Å². The van der Waals surface area contributed by atoms with Crippen LogP contribution in [0.5, 0.6) is 0 Å². The smallest absolute Gasteiger partial charge is 0.194 e. The number of allylic oxidation sites excluding steroid dienone is 6. The number of unbranched alkanes of at least 4 members (excludes halogenated alkanes) is 18. The Morgan fingerprint density at radius 1 is 0.294 bits per heavy atom. The number of carbonyl (C=O) groups excluding carboxylic acids is 2. The van der Waals surface area contributed by atoms with Crippen LogP contribution in [0.1, 0.15) is 315 Å². The van der Waals surface area contributed by atoms with Crippen LogP contribution in [0.4, 0.5) is 0 Å². The van der Waals surface area contributed by atoms with E-state index in [4.69, 9.17) is 0 Å². The lowest BCUT2D eigenvalue weighted by atomic mass is 9.67. The summed E-state index contributed by atoms with van der Waals surface area (Å²) < 4.78 is 7.58. The highest BCUT2D eigenvalue weighted by Gasteiger charge is 2.57. The Bertz CT molecular complexity index is 6320. The molecule has 0 unspecified atom stereocenters. The monoisotopic (exact) mass is 1760 g/mol. The lowest BCUT2D eigenvalue weighted by Crippen LogP contribution is -2.29. The molecule has 0 atom stereocenters. The van der Waals surface area contributed by atoms with Crippen molar-refractivity contribution >= 4 is 153 Å². The zero-order valence-electron chi connectivity index (χ0n) is 73.6. The maximum atomic E-state index is 15.6. The second kappa shape index (κ2) is 37.8. The van der Waals surface area contributed by atoms with E-state index in [0.29, 0.717) is 44.5 Å². The maximum absolute atomic E-state index is 15.6. The summed E-state index contributed by atoms with van der Waals surface area (Å²) in [6, 6.07) is 72.7. The number of nitriles is 4. The van der Waals surface area contributed by atoms with Gasteiger partial charge in [-0.1, -0.05) is 303 Å². The summed E-state index contributed by atoms with van der Waals surface area (Å²) in [7, 11) is 0. The van der Waals surface area contributed by atoms with Crippen molar-refractivity contribution in [1.29, 1.82) is 21.0 Å². The number of thiophene rings is 6. The van der Waals surface area contributed by atoms with Gasteiger partial charge in [-0.3, -0.25) is 9.59 Å². The molecule has 0 spiro atoms. The van der Waals surface area contributed by atoms with E-state index >= 15 is 9.59 Å². The van der Waals surface area contributed by atoms with E-state index in [-0.39, 0.29) is 22.7 Å². The van der Waals surface area contributed by atoms with E-state index in [1.165, 1.54) is 203 Å². The third kappa shape index (κ3) is 15.2. The van der Waals surface area contributed by atoms with Crippen molar-refractivity contribution < 1.29 is 9.59 Å². The second-order valence-electron chi connectivity index (χ2n) is 35.5. The molecular formula is C114H108N4O2S6. The minimum Gasteiger partial charge on any atom is -0.289 e. The standard InChI is InChI=1S/C114H108N4O2S6/c1-7-13-19-25-35-71-45-53-81(54-46-71)113(82-55-47-72(48-56-82)36-26-20-14-8-2)97-105-103(85(43-29-23-17-11-5)93(121-105)65-91-95(79(67-115)68-116)87-61-75-39-31-33-41-77(75)63-89(87)101(91)119)123-107(97)109-99(113)111-112(125-109)100-110(126-111)108-98(114(100,83-57-49-73(50-58-83)37-27-21-15-9-3)84-59-51-74(52-60-84)38-28-22-16-10-4)106-104(124-108)86(44-30-24-18-12-6)94(122-106)66-92-96(80(69-117)70-118)88-62-76-40-32-34-42-78(76)64-90(88)102(92)120/h31-34,39-42,45-66H,7-30,35-38,43-44H2,1-6H3/b91-65-,92-66-. The molecule has 126 heavy (non-hydrogen) atoms. The quantitative estimate of drug-likeness (QED) is 0.0218. The highest BCUT2D eigenvalue weighted by Crippen LogP contribution is 2.73. The Balaban J connectivity index is 0.938. The molecule has 8 aromatic carbocycles. The van der Waals surface area contributed by atoms with Gasteiger partial charge in [0.05, 0.1) is 49.1 Å². The molecule has 18 rings (SSSR count). The van der Waals surface area contributed by atoms with E-state index in [1.807, 2.05) is 141 Å². The zero-order valence-corrected chi connectivity index (χ0v) is 78.5. The van der Waals surface area contributed by atoms with Crippen LogP contribution in [-0.2, 0) is 49.4 Å². The fourth-order valence-corrected chi connectivity index (χ4v) is 30.4. The van der Waals surface area contributed by atoms with Crippen LogP contribution in [-0.4, -0.2) is 11.6 Å². The first kappa shape index (κ1) is 86.3. The number of carbonyl (C=O) groups is 2. The number of rotatable bonds is 36. The van der Waals surface area contributed by atoms with Crippen molar-refractivity contribution in [1.82, 2.24) is 0 Å². The molecule has 0 aliphatic heterocycles. The van der Waals surface area contributed by atoms with Gasteiger partial charge in [0.1, 0.15) is 35.4 Å². The topological polar surface area (TPSA) is 129 Å². The van der Waals surface area contributed by atoms with E-state index in [0.717, 1.165) is 147 Å². The largest absolute Gasteiger partial charge is 0.289 e. The van der Waals surface area contributed by atoms with Gasteiger partial charge in [0.25, 0.3) is 0 Å². The molecule has 6 heterocycles. The maximum Gasteiger partial charge on any atom is 0.194 e. The number of ketones is 2. The summed E-state index contributed by atoms with van der Waals surface area (Å²) >= 11 is 11.5. The summed E-state index contributed by atoms with van der Waals surface area (Å²) in [5.41, 5.74) is 20.2. The third-order valence-corrected chi connectivity index (χ3v) is 35.5. The summed E-state index contributed by atoms with van der Waals surface area (Å²) in [6.45, 7) is 13.7. The summed E-state index contributed by atoms with van der Waals surface area (Å²) in [5, 5.41) is 47.5. The summed E-state index contributed by atoms with van der Waals surface area (Å²) in [5.74, 6) is -0.327. The third-order valence-electron chi connectivity index (χ3n) is 27.4. The highest BCUT2D eigenvalue weighted by molar-refractivity contribution is 7.37. The van der Waals surface area contributed by atoms with Crippen molar-refractivity contribution in [2.24, 2.45) is 0 Å². The lowest BCUT2D eigenvalue weighted by molar-refractivity contribution is 0.103. The van der Waals surface area contributed by atoms with Gasteiger partial charge in [-0.05, 0) is 202 Å². The average Bonchev–Trinajstić information content (AvgIpc) is 1.47. The van der Waals surface area contributed by atoms with Crippen molar-refractivity contribution in [3.8, 4) is 43.8 Å². The summed E-state index contributed by atoms with van der Waals surface area (Å²) in [4.78, 5) is 38.4. The van der Waals surface area contributed by atoms with Crippen molar-refractivity contribution in [2.75, 3.05) is 0 Å². The van der Waals surface area contributed by atoms with Crippen molar-refractivity contribution in [3.63, 3.8) is 0 Å². The Morgan fingerprint density at radius 2 is 0.540 bits per heavy atom. The number of benzene rings is 8. The Morgan fingerprint density at radius 3 is 0.802 bits per heavy atom. The van der Waals surface area contributed by atoms with Crippen LogP contribution in [0.15, 0.2) is 192 Å². The number of fused-ring (bicyclic) bond motifs is 17. The number of nitrogens with zero attached hydrogens (tertiary/aromatic N) is 4. The number of Topliss-reactive ketones (excluding diaryl/α,β-unsaturated/α-hetero) is 2. The molecule has 4 aliphatic carbocycles. The van der Waals surface area contributed by atoms with Crippen LogP contribution >= 0.6 is 68.0 Å². The Hall–Kier alpha value is -10.5. The van der Waals surface area contributed by atoms with E-state index in [2.05, 4.69) is 175 Å². The average molecular weight is 1760 g/mol. The molecule has 0 saturated carbocycles. The first-order valence-corrected chi connectivity index (χ1v) is 51.7. The molecule has 0 fully saturated rings. The minimum atomic E-state index is -0.849. The molecule has 6 nitrogen and oxygen atoms in total. The molecule has 0 amide bonds. The first-order valence-electron chi connectivity index (χ1n) is 46.8. The Labute approximate surface area is 767 Å². The minimum absolute atomic E-state index is 0.0590. The fourth-order valence-electron chi connectivity index (χ4n) is 21.0. The van der Waals surface area contributed by atoms with Crippen molar-refractivity contribution in [2.45, 2.75) is 245 Å². The predicted molar refractivity (Wildman–Crippen MR) is 537 cm³/mol. The normalized spacial score (nSPS) is 14.6. The number of aryl methyl sites for hydroxylation is 6. The SMILES string of the molecule is CCCCCCc1ccc(C2(c3ccc(CCCCCC)cc3)c3c(sc4c(CCCCCC)c(/C=C5\C(=O)c6cc7ccccc7cc6C5=C(C#N)C#N)sc34)-c3sc4c5c(sc4c32)-c2sc3c(CCCCCC)c(/C=C4\C(=O)c6cc7ccccc7cc6C4=C(C#N)C#N)sc3c2C5(c2ccc(CCCCCC)cc2)c2ccc(CCCCCC)cc2)cc1. The molecule has 632 valence electrons. The van der Waals surface area contributed by atoms with Gasteiger partial charge in [-0.25, -0.2) is 0 Å². The van der Waals surface area contributed by atoms with Gasteiger partial charge in [0.2, 0.25) is 0 Å². The molecule has 0 bridgehead atoms. The second-order valence-corrected chi connectivity index (χ2v) is 41.6. The van der Waals surface area contributed by atoms with E-state index in [9.17, 15) is 21.0 Å². The molecule has 12 heteroatoms. The number of hydrogen-bond donors (Lipinski definition) is 0. The molecular weight excluding hydrogens is 1650 g/mol. The van der Waals surface area contributed by atoms with Gasteiger partial charge >= 0.3 is 0 Å². The van der Waals surface area contributed by atoms with Crippen LogP contribution < -0.4 is 0 Å². The molecule has 4 aliphatic rings. The fraction of sp³-hybridized carbons (Fsp3) is 0.333. The van der Waals surface area contributed by atoms with Gasteiger partial charge in [-0.2, -0.15) is 21.0 Å². The summed E-state index contributed by atoms with van der Waals surface area (Å²) in [6.07, 6.45) is 37.1. The van der Waals surface area contributed by atoms with Gasteiger partial charge in [-0.15, -0.1) is 68.0 Å². The molecule has 0 N–H and O–H groups in total. The molecule has 0 radical (unpaired) electrons. The molecule has 0 saturated heterocycles. The highest BCUT2D eigenvalue weighted by atomic mass is 32.1. The van der Waals surface area contributed by atoms with Crippen LogP contribution in [0, 0.1) is 45.3 Å². The van der Waals surface area contributed by atoms with E-state index < -0.39 is 10.8 Å². The van der Waals surface area contributed by atoms with Gasteiger partial charge in [0, 0.05) is 74.8 Å². The van der Waals surface area contributed by atoms with Crippen LogP contribution in [0.2, 0.25) is 0 Å². The zero-order chi connectivity index (χ0) is 86.7.